The maximum absolute atomic E-state index is 12.3. The third-order valence-corrected chi connectivity index (χ3v) is 5.88. The van der Waals surface area contributed by atoms with Crippen molar-refractivity contribution in [2.24, 2.45) is 0 Å². The van der Waals surface area contributed by atoms with Crippen LogP contribution in [0.4, 0.5) is 0 Å². The zero-order valence-electron chi connectivity index (χ0n) is 21.1. The Balaban J connectivity index is 3.74. The molecule has 0 spiro atoms. The first-order valence-corrected chi connectivity index (χ1v) is 13.5. The lowest BCUT2D eigenvalue weighted by molar-refractivity contribution is -0.167. The predicted octanol–water partition coefficient (Wildman–Crippen LogP) is 8.30. The van der Waals surface area contributed by atoms with E-state index in [1.165, 1.54) is 103 Å². The number of rotatable bonds is 23. The van der Waals surface area contributed by atoms with E-state index in [1.807, 2.05) is 0 Å². The molecule has 0 aliphatic rings. The molecular weight excluding hydrogens is 388 g/mol. The molecule has 0 bridgehead atoms. The average molecular weight is 441 g/mol. The number of carbonyl (C=O) groups is 2. The summed E-state index contributed by atoms with van der Waals surface area (Å²) < 4.78 is 10.6. The van der Waals surface area contributed by atoms with Gasteiger partial charge in [-0.3, -0.25) is 4.79 Å². The van der Waals surface area contributed by atoms with Gasteiger partial charge in [-0.2, -0.15) is 0 Å². The van der Waals surface area contributed by atoms with Gasteiger partial charge in [-0.1, -0.05) is 123 Å². The molecule has 184 valence electrons. The molecular formula is C27H52O4. The van der Waals surface area contributed by atoms with Gasteiger partial charge < -0.3 is 9.47 Å². The van der Waals surface area contributed by atoms with E-state index < -0.39 is 12.1 Å². The van der Waals surface area contributed by atoms with E-state index in [9.17, 15) is 9.59 Å². The summed E-state index contributed by atoms with van der Waals surface area (Å²) in [5, 5.41) is 0. The zero-order valence-corrected chi connectivity index (χ0v) is 21.1. The van der Waals surface area contributed by atoms with Crippen molar-refractivity contribution < 1.29 is 19.1 Å². The fraction of sp³-hybridized carbons (Fsp3) is 0.926. The zero-order chi connectivity index (χ0) is 23.0. The Labute approximate surface area is 193 Å². The highest BCUT2D eigenvalue weighted by Gasteiger charge is 2.22. The van der Waals surface area contributed by atoms with E-state index in [2.05, 4.69) is 13.8 Å². The van der Waals surface area contributed by atoms with Crippen LogP contribution in [0.2, 0.25) is 0 Å². The maximum atomic E-state index is 12.3. The van der Waals surface area contributed by atoms with Gasteiger partial charge in [-0.05, 0) is 19.3 Å². The molecule has 0 saturated carbocycles. The van der Waals surface area contributed by atoms with Crippen molar-refractivity contribution in [3.8, 4) is 0 Å². The van der Waals surface area contributed by atoms with Gasteiger partial charge in [0.05, 0.1) is 6.61 Å². The summed E-state index contributed by atoms with van der Waals surface area (Å²) in [7, 11) is 0. The first kappa shape index (κ1) is 29.9. The molecule has 0 amide bonds. The molecule has 1 unspecified atom stereocenters. The summed E-state index contributed by atoms with van der Waals surface area (Å²) in [6, 6.07) is 0. The van der Waals surface area contributed by atoms with Gasteiger partial charge in [0.1, 0.15) is 0 Å². The molecule has 0 heterocycles. The van der Waals surface area contributed by atoms with Crippen LogP contribution in [0.25, 0.3) is 0 Å². The van der Waals surface area contributed by atoms with Gasteiger partial charge in [0.2, 0.25) is 0 Å². The predicted molar refractivity (Wildman–Crippen MR) is 130 cm³/mol. The van der Waals surface area contributed by atoms with Crippen molar-refractivity contribution in [1.29, 1.82) is 0 Å². The van der Waals surface area contributed by atoms with Crippen molar-refractivity contribution in [2.75, 3.05) is 6.61 Å². The summed E-state index contributed by atoms with van der Waals surface area (Å²) in [6.07, 6.45) is 23.4. The first-order chi connectivity index (χ1) is 15.1. The smallest absolute Gasteiger partial charge is 0.347 e. The van der Waals surface area contributed by atoms with Crippen LogP contribution in [-0.2, 0) is 19.1 Å². The van der Waals surface area contributed by atoms with Crippen LogP contribution < -0.4 is 0 Å². The summed E-state index contributed by atoms with van der Waals surface area (Å²) in [5.41, 5.74) is 0. The van der Waals surface area contributed by atoms with Gasteiger partial charge in [0.25, 0.3) is 0 Å². The van der Waals surface area contributed by atoms with Crippen LogP contribution in [0.1, 0.15) is 149 Å². The van der Waals surface area contributed by atoms with Crippen LogP contribution in [-0.4, -0.2) is 24.6 Å². The average Bonchev–Trinajstić information content (AvgIpc) is 2.75. The highest BCUT2D eigenvalue weighted by Crippen LogP contribution is 2.14. The minimum atomic E-state index is -0.731. The van der Waals surface area contributed by atoms with Crippen LogP contribution in [0.3, 0.4) is 0 Å². The molecule has 0 aliphatic carbocycles. The van der Waals surface area contributed by atoms with Crippen LogP contribution in [0.15, 0.2) is 0 Å². The molecule has 1 atom stereocenters. The second-order valence-electron chi connectivity index (χ2n) is 9.06. The SMILES string of the molecule is CCCCCCCCCCCCOC(=O)C(CCCCCCCCCCC)OC(C)=O. The van der Waals surface area contributed by atoms with E-state index in [0.29, 0.717) is 13.0 Å². The van der Waals surface area contributed by atoms with Crippen molar-refractivity contribution >= 4 is 11.9 Å². The Bertz CT molecular complexity index is 408. The standard InChI is InChI=1S/C27H52O4/c1-4-6-8-10-12-14-16-18-20-22-24-30-27(29)26(31-25(3)28)23-21-19-17-15-13-11-9-7-5-2/h26H,4-24H2,1-3H3. The van der Waals surface area contributed by atoms with Crippen LogP contribution in [0, 0.1) is 0 Å². The molecule has 0 rings (SSSR count). The van der Waals surface area contributed by atoms with Gasteiger partial charge in [-0.15, -0.1) is 0 Å². The Morgan fingerprint density at radius 2 is 0.968 bits per heavy atom. The molecule has 0 aliphatic heterocycles. The van der Waals surface area contributed by atoms with Gasteiger partial charge in [0.15, 0.2) is 6.10 Å². The molecule has 0 saturated heterocycles. The Hall–Kier alpha value is -1.06. The lowest BCUT2D eigenvalue weighted by Crippen LogP contribution is -2.28. The van der Waals surface area contributed by atoms with E-state index in [0.717, 1.165) is 25.7 Å². The highest BCUT2D eigenvalue weighted by molar-refractivity contribution is 5.78. The Morgan fingerprint density at radius 1 is 0.581 bits per heavy atom. The maximum Gasteiger partial charge on any atom is 0.347 e. The second-order valence-corrected chi connectivity index (χ2v) is 9.06. The second kappa shape index (κ2) is 23.6. The van der Waals surface area contributed by atoms with Gasteiger partial charge in [0, 0.05) is 6.92 Å². The molecule has 0 fully saturated rings. The topological polar surface area (TPSA) is 52.6 Å². The molecule has 4 heteroatoms. The normalized spacial score (nSPS) is 12.0. The van der Waals surface area contributed by atoms with E-state index >= 15 is 0 Å². The lowest BCUT2D eigenvalue weighted by Gasteiger charge is -2.16. The summed E-state index contributed by atoms with van der Waals surface area (Å²) >= 11 is 0. The quantitative estimate of drug-likeness (QED) is 0.118. The third kappa shape index (κ3) is 21.9. The van der Waals surface area contributed by atoms with Crippen LogP contribution in [0.5, 0.6) is 0 Å². The summed E-state index contributed by atoms with van der Waals surface area (Å²) in [6.45, 7) is 6.28. The number of carbonyl (C=O) groups excluding carboxylic acids is 2. The van der Waals surface area contributed by atoms with Crippen molar-refractivity contribution in [2.45, 2.75) is 155 Å². The van der Waals surface area contributed by atoms with E-state index in [1.54, 1.807) is 0 Å². The molecule has 0 aromatic rings. The number of hydrogen-bond acceptors (Lipinski definition) is 4. The summed E-state index contributed by atoms with van der Waals surface area (Å²) in [4.78, 5) is 23.7. The molecule has 4 nitrogen and oxygen atoms in total. The van der Waals surface area contributed by atoms with Gasteiger partial charge >= 0.3 is 11.9 Å². The number of ether oxygens (including phenoxy) is 2. The number of unbranched alkanes of at least 4 members (excludes halogenated alkanes) is 17. The first-order valence-electron chi connectivity index (χ1n) is 13.5. The van der Waals surface area contributed by atoms with E-state index in [4.69, 9.17) is 9.47 Å². The minimum absolute atomic E-state index is 0.370. The van der Waals surface area contributed by atoms with Gasteiger partial charge in [-0.25, -0.2) is 4.79 Å². The Morgan fingerprint density at radius 3 is 1.39 bits per heavy atom. The summed E-state index contributed by atoms with van der Waals surface area (Å²) in [5.74, 6) is -0.775. The number of esters is 2. The molecule has 31 heavy (non-hydrogen) atoms. The fourth-order valence-electron chi connectivity index (χ4n) is 3.92. The highest BCUT2D eigenvalue weighted by atomic mass is 16.6. The third-order valence-electron chi connectivity index (χ3n) is 5.88. The van der Waals surface area contributed by atoms with Crippen molar-refractivity contribution in [3.63, 3.8) is 0 Å². The fourth-order valence-corrected chi connectivity index (χ4v) is 3.92. The minimum Gasteiger partial charge on any atom is -0.463 e. The van der Waals surface area contributed by atoms with Crippen LogP contribution >= 0.6 is 0 Å². The molecule has 0 aromatic carbocycles. The monoisotopic (exact) mass is 440 g/mol. The van der Waals surface area contributed by atoms with Crippen molar-refractivity contribution in [1.82, 2.24) is 0 Å². The molecule has 0 N–H and O–H groups in total. The lowest BCUT2D eigenvalue weighted by atomic mass is 10.0. The number of hydrogen-bond donors (Lipinski definition) is 0. The van der Waals surface area contributed by atoms with E-state index in [-0.39, 0.29) is 5.97 Å². The molecule has 0 aromatic heterocycles. The largest absolute Gasteiger partial charge is 0.463 e. The molecule has 0 radical (unpaired) electrons. The Kier molecular flexibility index (Phi) is 22.8. The van der Waals surface area contributed by atoms with Crippen molar-refractivity contribution in [3.05, 3.63) is 0 Å².